The van der Waals surface area contributed by atoms with Gasteiger partial charge in [-0.05, 0) is 55.8 Å². The molecule has 1 amide bonds. The summed E-state index contributed by atoms with van der Waals surface area (Å²) in [6.07, 6.45) is 6.29. The third-order valence-electron chi connectivity index (χ3n) is 4.76. The van der Waals surface area contributed by atoms with Gasteiger partial charge in [-0.2, -0.15) is 0 Å². The second kappa shape index (κ2) is 6.56. The van der Waals surface area contributed by atoms with Crippen LogP contribution >= 0.6 is 0 Å². The fraction of sp³-hybridized carbons (Fsp3) is 0.588. The summed E-state index contributed by atoms with van der Waals surface area (Å²) < 4.78 is 13.1. The molecule has 0 radical (unpaired) electrons. The lowest BCUT2D eigenvalue weighted by atomic mass is 9.77. The highest BCUT2D eigenvalue weighted by Crippen LogP contribution is 2.37. The van der Waals surface area contributed by atoms with Crippen molar-refractivity contribution in [3.63, 3.8) is 0 Å². The van der Waals surface area contributed by atoms with Gasteiger partial charge in [-0.15, -0.1) is 0 Å². The molecule has 1 aliphatic heterocycles. The zero-order valence-corrected chi connectivity index (χ0v) is 12.3. The van der Waals surface area contributed by atoms with Gasteiger partial charge in [0.2, 0.25) is 5.91 Å². The number of hydrogen-bond donors (Lipinski definition) is 2. The van der Waals surface area contributed by atoms with E-state index >= 15 is 0 Å². The van der Waals surface area contributed by atoms with Crippen LogP contribution < -0.4 is 10.6 Å². The molecule has 1 aromatic carbocycles. The molecule has 2 unspecified atom stereocenters. The van der Waals surface area contributed by atoms with Crippen molar-refractivity contribution in [2.24, 2.45) is 5.92 Å². The maximum Gasteiger partial charge on any atom is 0.222 e. The fourth-order valence-corrected chi connectivity index (χ4v) is 3.30. The van der Waals surface area contributed by atoms with E-state index in [1.165, 1.54) is 18.6 Å². The Bertz CT molecular complexity index is 478. The number of carbonyl (C=O) groups is 1. The smallest absolute Gasteiger partial charge is 0.222 e. The zero-order valence-electron chi connectivity index (χ0n) is 12.3. The quantitative estimate of drug-likeness (QED) is 0.875. The molecule has 2 N–H and O–H groups in total. The minimum atomic E-state index is -0.229. The Morgan fingerprint density at radius 2 is 2.00 bits per heavy atom. The Labute approximate surface area is 125 Å². The van der Waals surface area contributed by atoms with Crippen molar-refractivity contribution in [3.8, 4) is 0 Å². The molecular weight excluding hydrogens is 267 g/mol. The van der Waals surface area contributed by atoms with Gasteiger partial charge in [0.05, 0.1) is 6.04 Å². The topological polar surface area (TPSA) is 41.1 Å². The van der Waals surface area contributed by atoms with Crippen LogP contribution in [-0.2, 0) is 4.79 Å². The zero-order chi connectivity index (χ0) is 14.7. The maximum absolute atomic E-state index is 13.1. The molecule has 1 aromatic rings. The average molecular weight is 290 g/mol. The average Bonchev–Trinajstić information content (AvgIpc) is 2.89. The first-order valence-electron chi connectivity index (χ1n) is 8.00. The van der Waals surface area contributed by atoms with Crippen molar-refractivity contribution >= 4 is 5.91 Å². The van der Waals surface area contributed by atoms with Crippen LogP contribution in [-0.4, -0.2) is 18.5 Å². The van der Waals surface area contributed by atoms with E-state index in [-0.39, 0.29) is 17.8 Å². The first kappa shape index (κ1) is 14.5. The van der Waals surface area contributed by atoms with Crippen LogP contribution in [0.15, 0.2) is 24.3 Å². The maximum atomic E-state index is 13.1. The second-order valence-corrected chi connectivity index (χ2v) is 6.29. The molecule has 0 aromatic heterocycles. The van der Waals surface area contributed by atoms with Crippen molar-refractivity contribution in [2.75, 3.05) is 6.54 Å². The molecule has 1 aliphatic carbocycles. The predicted molar refractivity (Wildman–Crippen MR) is 80.3 cm³/mol. The fourth-order valence-electron chi connectivity index (χ4n) is 3.30. The number of nitrogens with one attached hydrogen (secondary N) is 2. The van der Waals surface area contributed by atoms with Crippen molar-refractivity contribution in [1.29, 1.82) is 0 Å². The molecule has 1 saturated carbocycles. The molecule has 2 fully saturated rings. The number of hydrogen-bond acceptors (Lipinski definition) is 2. The van der Waals surface area contributed by atoms with Gasteiger partial charge in [-0.3, -0.25) is 4.79 Å². The minimum absolute atomic E-state index is 0.0354. The number of benzene rings is 1. The van der Waals surface area contributed by atoms with Gasteiger partial charge in [0.15, 0.2) is 0 Å². The van der Waals surface area contributed by atoms with Crippen molar-refractivity contribution in [3.05, 3.63) is 35.6 Å². The van der Waals surface area contributed by atoms with E-state index in [1.54, 1.807) is 12.1 Å². The molecule has 1 heterocycles. The van der Waals surface area contributed by atoms with Gasteiger partial charge in [0.1, 0.15) is 5.82 Å². The largest absolute Gasteiger partial charge is 0.349 e. The lowest BCUT2D eigenvalue weighted by molar-refractivity contribution is -0.122. The minimum Gasteiger partial charge on any atom is -0.349 e. The molecule has 0 spiro atoms. The van der Waals surface area contributed by atoms with E-state index in [0.29, 0.717) is 18.4 Å². The Morgan fingerprint density at radius 3 is 2.57 bits per heavy atom. The standard InChI is InChI=1S/C17H23FN2O/c18-14-8-6-13(7-9-14)17(12-3-1-4-12)20-16(21)11-15-5-2-10-19-15/h6-9,12,15,17,19H,1-5,10-11H2,(H,20,21). The van der Waals surface area contributed by atoms with Crippen molar-refractivity contribution < 1.29 is 9.18 Å². The molecule has 4 heteroatoms. The third-order valence-corrected chi connectivity index (χ3v) is 4.76. The Balaban J connectivity index is 1.64. The van der Waals surface area contributed by atoms with E-state index in [1.807, 2.05) is 0 Å². The van der Waals surface area contributed by atoms with E-state index < -0.39 is 0 Å². The monoisotopic (exact) mass is 290 g/mol. The summed E-state index contributed by atoms with van der Waals surface area (Å²) in [7, 11) is 0. The second-order valence-electron chi connectivity index (χ2n) is 6.29. The lowest BCUT2D eigenvalue weighted by Crippen LogP contribution is -2.38. The first-order chi connectivity index (χ1) is 10.2. The number of halogens is 1. The highest BCUT2D eigenvalue weighted by molar-refractivity contribution is 5.77. The number of rotatable bonds is 5. The first-order valence-corrected chi connectivity index (χ1v) is 8.00. The molecule has 21 heavy (non-hydrogen) atoms. The van der Waals surface area contributed by atoms with E-state index in [2.05, 4.69) is 10.6 Å². The van der Waals surface area contributed by atoms with Crippen molar-refractivity contribution in [2.45, 2.75) is 50.6 Å². The van der Waals surface area contributed by atoms with Gasteiger partial charge in [0, 0.05) is 12.5 Å². The Hall–Kier alpha value is -1.42. The summed E-state index contributed by atoms with van der Waals surface area (Å²) in [6.45, 7) is 1.02. The van der Waals surface area contributed by atoms with Gasteiger partial charge < -0.3 is 10.6 Å². The van der Waals surface area contributed by atoms with E-state index in [0.717, 1.165) is 37.8 Å². The normalized spacial score (nSPS) is 23.6. The molecule has 0 bridgehead atoms. The molecular formula is C17H23FN2O. The summed E-state index contributed by atoms with van der Waals surface area (Å²) in [6, 6.07) is 6.91. The lowest BCUT2D eigenvalue weighted by Gasteiger charge is -2.35. The van der Waals surface area contributed by atoms with Crippen LogP contribution in [0.5, 0.6) is 0 Å². The van der Waals surface area contributed by atoms with Crippen LogP contribution in [0.2, 0.25) is 0 Å². The molecule has 1 saturated heterocycles. The van der Waals surface area contributed by atoms with E-state index in [4.69, 9.17) is 0 Å². The van der Waals surface area contributed by atoms with Gasteiger partial charge in [-0.1, -0.05) is 18.6 Å². The van der Waals surface area contributed by atoms with Crippen LogP contribution in [0, 0.1) is 11.7 Å². The summed E-state index contributed by atoms with van der Waals surface area (Å²) >= 11 is 0. The SMILES string of the molecule is O=C(CC1CCCN1)NC(c1ccc(F)cc1)C1CCC1. The van der Waals surface area contributed by atoms with Gasteiger partial charge in [0.25, 0.3) is 0 Å². The van der Waals surface area contributed by atoms with Crippen LogP contribution in [0.25, 0.3) is 0 Å². The number of amides is 1. The molecule has 2 aliphatic rings. The summed E-state index contributed by atoms with van der Waals surface area (Å²) in [5.41, 5.74) is 1.02. The molecule has 3 rings (SSSR count). The molecule has 114 valence electrons. The molecule has 3 nitrogen and oxygen atoms in total. The van der Waals surface area contributed by atoms with Gasteiger partial charge >= 0.3 is 0 Å². The number of carbonyl (C=O) groups excluding carboxylic acids is 1. The Morgan fingerprint density at radius 1 is 1.24 bits per heavy atom. The predicted octanol–water partition coefficient (Wildman–Crippen LogP) is 2.93. The Kier molecular flexibility index (Phi) is 4.54. The van der Waals surface area contributed by atoms with Crippen LogP contribution in [0.1, 0.15) is 50.1 Å². The molecule has 2 atom stereocenters. The summed E-state index contributed by atoms with van der Waals surface area (Å²) in [5.74, 6) is 0.374. The summed E-state index contributed by atoms with van der Waals surface area (Å²) in [4.78, 5) is 12.3. The van der Waals surface area contributed by atoms with Crippen molar-refractivity contribution in [1.82, 2.24) is 10.6 Å². The van der Waals surface area contributed by atoms with Gasteiger partial charge in [-0.25, -0.2) is 4.39 Å². The third kappa shape index (κ3) is 3.62. The van der Waals surface area contributed by atoms with Crippen LogP contribution in [0.4, 0.5) is 4.39 Å². The highest BCUT2D eigenvalue weighted by atomic mass is 19.1. The summed E-state index contributed by atoms with van der Waals surface area (Å²) in [5, 5.41) is 6.53. The highest BCUT2D eigenvalue weighted by Gasteiger charge is 2.30. The van der Waals surface area contributed by atoms with Crippen LogP contribution in [0.3, 0.4) is 0 Å². The van der Waals surface area contributed by atoms with E-state index in [9.17, 15) is 9.18 Å².